The summed E-state index contributed by atoms with van der Waals surface area (Å²) in [7, 11) is 1.62. The Balaban J connectivity index is 2.00. The fourth-order valence-electron chi connectivity index (χ4n) is 2.78. The van der Waals surface area contributed by atoms with Crippen LogP contribution >= 0.6 is 0 Å². The molecule has 1 fully saturated rings. The van der Waals surface area contributed by atoms with Crippen LogP contribution < -0.4 is 0 Å². The molecule has 1 N–H and O–H groups in total. The summed E-state index contributed by atoms with van der Waals surface area (Å²) < 4.78 is 7.31. The summed E-state index contributed by atoms with van der Waals surface area (Å²) >= 11 is 0. The molecule has 0 aliphatic heterocycles. The molecular formula is C15H26N2O2. The van der Waals surface area contributed by atoms with Crippen LogP contribution in [-0.2, 0) is 11.2 Å². The smallest absolute Gasteiger partial charge is 0.0933 e. The molecule has 0 aromatic carbocycles. The predicted octanol–water partition coefficient (Wildman–Crippen LogP) is 2.72. The van der Waals surface area contributed by atoms with Crippen molar-refractivity contribution in [1.29, 1.82) is 0 Å². The van der Waals surface area contributed by atoms with E-state index in [2.05, 4.69) is 16.0 Å². The number of rotatable bonds is 5. The zero-order valence-electron chi connectivity index (χ0n) is 12.3. The van der Waals surface area contributed by atoms with Gasteiger partial charge in [-0.25, -0.2) is 0 Å². The molecule has 0 radical (unpaired) electrons. The van der Waals surface area contributed by atoms with Crippen LogP contribution in [0, 0.1) is 0 Å². The van der Waals surface area contributed by atoms with Gasteiger partial charge in [0, 0.05) is 19.7 Å². The summed E-state index contributed by atoms with van der Waals surface area (Å²) in [5.74, 6) is 0. The highest BCUT2D eigenvalue weighted by atomic mass is 16.5. The van der Waals surface area contributed by atoms with Gasteiger partial charge in [-0.3, -0.25) is 4.68 Å². The lowest BCUT2D eigenvalue weighted by atomic mass is 9.94. The van der Waals surface area contributed by atoms with Crippen LogP contribution in [0.1, 0.15) is 57.7 Å². The van der Waals surface area contributed by atoms with Gasteiger partial charge in [-0.15, -0.1) is 0 Å². The van der Waals surface area contributed by atoms with E-state index in [0.717, 1.165) is 5.69 Å². The molecule has 2 atom stereocenters. The molecule has 2 rings (SSSR count). The summed E-state index contributed by atoms with van der Waals surface area (Å²) in [6, 6.07) is 2.57. The second-order valence-electron chi connectivity index (χ2n) is 5.99. The van der Waals surface area contributed by atoms with Crippen LogP contribution in [0.4, 0.5) is 0 Å². The number of nitrogens with zero attached hydrogens (tertiary/aromatic N) is 2. The van der Waals surface area contributed by atoms with Crippen molar-refractivity contribution in [3.63, 3.8) is 0 Å². The third kappa shape index (κ3) is 3.57. The minimum absolute atomic E-state index is 0.202. The molecule has 19 heavy (non-hydrogen) atoms. The van der Waals surface area contributed by atoms with Crippen molar-refractivity contribution in [3.8, 4) is 0 Å². The fourth-order valence-corrected chi connectivity index (χ4v) is 2.78. The van der Waals surface area contributed by atoms with Crippen LogP contribution in [0.3, 0.4) is 0 Å². The van der Waals surface area contributed by atoms with Crippen LogP contribution in [0.25, 0.3) is 0 Å². The van der Waals surface area contributed by atoms with Gasteiger partial charge in [-0.1, -0.05) is 19.3 Å². The molecule has 0 bridgehead atoms. The molecular weight excluding hydrogens is 240 g/mol. The number of ether oxygens (including phenoxy) is 1. The van der Waals surface area contributed by atoms with Crippen molar-refractivity contribution < 1.29 is 9.84 Å². The van der Waals surface area contributed by atoms with Gasteiger partial charge >= 0.3 is 0 Å². The quantitative estimate of drug-likeness (QED) is 0.891. The number of methoxy groups -OCH3 is 1. The Morgan fingerprint density at radius 2 is 2.16 bits per heavy atom. The molecule has 1 heterocycles. The van der Waals surface area contributed by atoms with Crippen molar-refractivity contribution in [1.82, 2.24) is 9.78 Å². The van der Waals surface area contributed by atoms with Crippen molar-refractivity contribution in [2.45, 2.75) is 70.1 Å². The Bertz CT molecular complexity index is 395. The minimum atomic E-state index is -0.875. The summed E-state index contributed by atoms with van der Waals surface area (Å²) in [5, 5.41) is 15.0. The first-order valence-corrected chi connectivity index (χ1v) is 7.32. The van der Waals surface area contributed by atoms with Gasteiger partial charge in [-0.2, -0.15) is 5.10 Å². The number of hydrogen-bond donors (Lipinski definition) is 1. The topological polar surface area (TPSA) is 47.3 Å². The third-order valence-corrected chi connectivity index (χ3v) is 4.38. The minimum Gasteiger partial charge on any atom is -0.387 e. The highest BCUT2D eigenvalue weighted by Crippen LogP contribution is 2.28. The van der Waals surface area contributed by atoms with Gasteiger partial charge < -0.3 is 9.84 Å². The van der Waals surface area contributed by atoms with Crippen LogP contribution in [0.2, 0.25) is 0 Å². The lowest BCUT2D eigenvalue weighted by Crippen LogP contribution is -2.40. The predicted molar refractivity (Wildman–Crippen MR) is 75.1 cm³/mol. The molecule has 1 aromatic heterocycles. The molecule has 1 aliphatic carbocycles. The van der Waals surface area contributed by atoms with Gasteiger partial charge in [0.05, 0.1) is 23.4 Å². The van der Waals surface area contributed by atoms with E-state index in [-0.39, 0.29) is 6.10 Å². The first kappa shape index (κ1) is 14.5. The lowest BCUT2D eigenvalue weighted by Gasteiger charge is -2.28. The molecule has 2 unspecified atom stereocenters. The Kier molecular flexibility index (Phi) is 4.63. The summed E-state index contributed by atoms with van der Waals surface area (Å²) in [4.78, 5) is 0. The summed E-state index contributed by atoms with van der Waals surface area (Å²) in [6.07, 6.45) is 8.80. The first-order chi connectivity index (χ1) is 9.03. The van der Waals surface area contributed by atoms with Gasteiger partial charge in [-0.05, 0) is 32.8 Å². The summed E-state index contributed by atoms with van der Waals surface area (Å²) in [6.45, 7) is 3.69. The normalized spacial score (nSPS) is 22.1. The number of aliphatic hydroxyl groups is 1. The highest BCUT2D eigenvalue weighted by Gasteiger charge is 2.30. The zero-order chi connectivity index (χ0) is 13.9. The zero-order valence-corrected chi connectivity index (χ0v) is 12.3. The average Bonchev–Trinajstić information content (AvgIpc) is 2.86. The third-order valence-electron chi connectivity index (χ3n) is 4.38. The summed E-state index contributed by atoms with van der Waals surface area (Å²) in [5.41, 5.74) is 0.0695. The maximum Gasteiger partial charge on any atom is 0.0933 e. The monoisotopic (exact) mass is 266 g/mol. The van der Waals surface area contributed by atoms with E-state index in [1.54, 1.807) is 14.0 Å². The van der Waals surface area contributed by atoms with E-state index in [1.807, 2.05) is 13.0 Å². The largest absolute Gasteiger partial charge is 0.387 e. The Labute approximate surface area is 115 Å². The van der Waals surface area contributed by atoms with E-state index in [4.69, 9.17) is 4.74 Å². The molecule has 0 spiro atoms. The van der Waals surface area contributed by atoms with Gasteiger partial charge in [0.1, 0.15) is 0 Å². The molecule has 4 heteroatoms. The molecule has 108 valence electrons. The standard InChI is InChI=1S/C15H26N2O2/c1-12(19-3)15(2,18)11-13-9-10-17(16-13)14-7-5-4-6-8-14/h9-10,12,14,18H,4-8,11H2,1-3H3. The SMILES string of the molecule is COC(C)C(C)(O)Cc1ccn(C2CCCCC2)n1. The average molecular weight is 266 g/mol. The van der Waals surface area contributed by atoms with Gasteiger partial charge in [0.2, 0.25) is 0 Å². The van der Waals surface area contributed by atoms with Crippen molar-refractivity contribution in [2.75, 3.05) is 7.11 Å². The van der Waals surface area contributed by atoms with Crippen LogP contribution in [0.15, 0.2) is 12.3 Å². The van der Waals surface area contributed by atoms with Crippen molar-refractivity contribution >= 4 is 0 Å². The van der Waals surface area contributed by atoms with E-state index in [0.29, 0.717) is 12.5 Å². The second-order valence-corrected chi connectivity index (χ2v) is 5.99. The first-order valence-electron chi connectivity index (χ1n) is 7.32. The van der Waals surface area contributed by atoms with E-state index in [9.17, 15) is 5.11 Å². The fraction of sp³-hybridized carbons (Fsp3) is 0.800. The van der Waals surface area contributed by atoms with Gasteiger partial charge in [0.25, 0.3) is 0 Å². The number of hydrogen-bond acceptors (Lipinski definition) is 3. The highest BCUT2D eigenvalue weighted by molar-refractivity contribution is 5.05. The molecule has 1 aliphatic rings. The van der Waals surface area contributed by atoms with E-state index >= 15 is 0 Å². The maximum atomic E-state index is 10.4. The maximum absolute atomic E-state index is 10.4. The van der Waals surface area contributed by atoms with E-state index in [1.165, 1.54) is 32.1 Å². The van der Waals surface area contributed by atoms with Gasteiger partial charge in [0.15, 0.2) is 0 Å². The Morgan fingerprint density at radius 3 is 2.79 bits per heavy atom. The van der Waals surface area contributed by atoms with Crippen LogP contribution in [-0.4, -0.2) is 33.7 Å². The second kappa shape index (κ2) is 6.06. The van der Waals surface area contributed by atoms with Crippen molar-refractivity contribution in [3.05, 3.63) is 18.0 Å². The molecule has 4 nitrogen and oxygen atoms in total. The molecule has 1 saturated carbocycles. The van der Waals surface area contributed by atoms with Crippen LogP contribution in [0.5, 0.6) is 0 Å². The lowest BCUT2D eigenvalue weighted by molar-refractivity contribution is -0.0721. The number of aromatic nitrogens is 2. The molecule has 1 aromatic rings. The Hall–Kier alpha value is -0.870. The van der Waals surface area contributed by atoms with Crippen molar-refractivity contribution in [2.24, 2.45) is 0 Å². The van der Waals surface area contributed by atoms with E-state index < -0.39 is 5.60 Å². The Morgan fingerprint density at radius 1 is 1.47 bits per heavy atom. The molecule has 0 saturated heterocycles. The molecule has 0 amide bonds.